The van der Waals surface area contributed by atoms with Gasteiger partial charge in [-0.1, -0.05) is 48.5 Å². The Balaban J connectivity index is 1.69. The van der Waals surface area contributed by atoms with Gasteiger partial charge in [0.2, 0.25) is 11.8 Å². The fraction of sp³-hybridized carbons (Fsp3) is 0.391. The van der Waals surface area contributed by atoms with Gasteiger partial charge >= 0.3 is 0 Å². The van der Waals surface area contributed by atoms with Gasteiger partial charge in [-0.3, -0.25) is 9.59 Å². The number of likely N-dealkylation sites (tertiary alicyclic amines) is 1. The summed E-state index contributed by atoms with van der Waals surface area (Å²) in [6.07, 6.45) is 2.34. The second-order valence-electron chi connectivity index (χ2n) is 7.23. The Labute approximate surface area is 166 Å². The Hall–Kier alpha value is -2.82. The first-order chi connectivity index (χ1) is 13.6. The van der Waals surface area contributed by atoms with Crippen molar-refractivity contribution in [2.24, 2.45) is 0 Å². The van der Waals surface area contributed by atoms with Gasteiger partial charge in [0.15, 0.2) is 0 Å². The number of likely N-dealkylation sites (N-methyl/N-ethyl adjacent to an activating group) is 1. The molecule has 1 heterocycles. The summed E-state index contributed by atoms with van der Waals surface area (Å²) < 4.78 is 5.84. The molecular formula is C23H28N2O3. The van der Waals surface area contributed by atoms with E-state index in [1.165, 1.54) is 0 Å². The van der Waals surface area contributed by atoms with Crippen LogP contribution in [0.1, 0.15) is 36.4 Å². The van der Waals surface area contributed by atoms with Crippen LogP contribution in [0.3, 0.4) is 0 Å². The zero-order valence-electron chi connectivity index (χ0n) is 16.6. The summed E-state index contributed by atoms with van der Waals surface area (Å²) >= 11 is 0. The zero-order valence-corrected chi connectivity index (χ0v) is 16.6. The third kappa shape index (κ3) is 4.71. The summed E-state index contributed by atoms with van der Waals surface area (Å²) in [5.41, 5.74) is 1.92. The average molecular weight is 380 g/mol. The first kappa shape index (κ1) is 19.9. The molecule has 0 N–H and O–H groups in total. The molecule has 1 atom stereocenters. The molecule has 1 saturated heterocycles. The van der Waals surface area contributed by atoms with Crippen molar-refractivity contribution >= 4 is 11.8 Å². The number of nitrogens with zero attached hydrogens (tertiary/aromatic N) is 2. The quantitative estimate of drug-likeness (QED) is 0.738. The van der Waals surface area contributed by atoms with Crippen LogP contribution in [-0.2, 0) is 9.59 Å². The van der Waals surface area contributed by atoms with Gasteiger partial charge in [0.1, 0.15) is 18.4 Å². The second-order valence-corrected chi connectivity index (χ2v) is 7.23. The molecule has 0 radical (unpaired) electrons. The Morgan fingerprint density at radius 1 is 1.11 bits per heavy atom. The Morgan fingerprint density at radius 2 is 1.82 bits per heavy atom. The van der Waals surface area contributed by atoms with Crippen LogP contribution >= 0.6 is 0 Å². The predicted molar refractivity (Wildman–Crippen MR) is 109 cm³/mol. The van der Waals surface area contributed by atoms with Crippen molar-refractivity contribution in [1.82, 2.24) is 9.80 Å². The predicted octanol–water partition coefficient (Wildman–Crippen LogP) is 3.59. The van der Waals surface area contributed by atoms with Crippen molar-refractivity contribution in [2.75, 3.05) is 26.7 Å². The fourth-order valence-electron chi connectivity index (χ4n) is 3.52. The lowest BCUT2D eigenvalue weighted by atomic mass is 10.00. The Kier molecular flexibility index (Phi) is 6.69. The average Bonchev–Trinajstić information content (AvgIpc) is 2.71. The third-order valence-electron chi connectivity index (χ3n) is 5.17. The molecule has 0 aromatic heterocycles. The molecule has 2 aromatic carbocycles. The van der Waals surface area contributed by atoms with Gasteiger partial charge in [-0.2, -0.15) is 0 Å². The number of hydrogen-bond donors (Lipinski definition) is 0. The van der Waals surface area contributed by atoms with Gasteiger partial charge in [0, 0.05) is 20.0 Å². The van der Waals surface area contributed by atoms with Crippen LogP contribution in [-0.4, -0.2) is 48.4 Å². The lowest BCUT2D eigenvalue weighted by Crippen LogP contribution is -2.46. The second kappa shape index (κ2) is 9.40. The van der Waals surface area contributed by atoms with Crippen LogP contribution in [0.5, 0.6) is 5.75 Å². The molecule has 0 bridgehead atoms. The molecule has 1 aliphatic heterocycles. The number of carbonyl (C=O) groups excluding carboxylic acids is 2. The number of piperidine rings is 1. The number of amides is 2. The highest BCUT2D eigenvalue weighted by molar-refractivity contribution is 5.89. The Morgan fingerprint density at radius 3 is 2.54 bits per heavy atom. The molecule has 1 fully saturated rings. The van der Waals surface area contributed by atoms with Crippen molar-refractivity contribution in [3.05, 3.63) is 65.7 Å². The van der Waals surface area contributed by atoms with E-state index in [0.29, 0.717) is 26.1 Å². The molecule has 1 aliphatic rings. The van der Waals surface area contributed by atoms with Crippen LogP contribution in [0.15, 0.2) is 54.6 Å². The smallest absolute Gasteiger partial charge is 0.249 e. The van der Waals surface area contributed by atoms with Gasteiger partial charge in [0.25, 0.3) is 0 Å². The number of carbonyl (C=O) groups is 2. The van der Waals surface area contributed by atoms with E-state index in [-0.39, 0.29) is 11.8 Å². The van der Waals surface area contributed by atoms with Crippen molar-refractivity contribution in [2.45, 2.75) is 32.2 Å². The molecule has 1 unspecified atom stereocenters. The van der Waals surface area contributed by atoms with Gasteiger partial charge in [-0.15, -0.1) is 0 Å². The van der Waals surface area contributed by atoms with E-state index in [1.807, 2.05) is 61.5 Å². The standard InChI is InChI=1S/C23H28N2O3/c1-18-10-6-7-13-20(18)28-17-16-24(2)23(27)22(19-11-4-3-5-12-19)25-15-9-8-14-21(25)26/h3-7,10-13,22H,8-9,14-17H2,1-2H3. The summed E-state index contributed by atoms with van der Waals surface area (Å²) in [7, 11) is 1.77. The molecule has 5 heteroatoms. The number of rotatable bonds is 7. The lowest BCUT2D eigenvalue weighted by molar-refractivity contribution is -0.147. The van der Waals surface area contributed by atoms with E-state index in [9.17, 15) is 9.59 Å². The topological polar surface area (TPSA) is 49.9 Å². The maximum atomic E-state index is 13.3. The molecule has 5 nitrogen and oxygen atoms in total. The third-order valence-corrected chi connectivity index (χ3v) is 5.17. The molecule has 28 heavy (non-hydrogen) atoms. The van der Waals surface area contributed by atoms with E-state index in [4.69, 9.17) is 4.74 Å². The number of ether oxygens (including phenoxy) is 1. The highest BCUT2D eigenvalue weighted by Crippen LogP contribution is 2.27. The minimum absolute atomic E-state index is 0.0537. The lowest BCUT2D eigenvalue weighted by Gasteiger charge is -2.36. The SMILES string of the molecule is Cc1ccccc1OCCN(C)C(=O)C(c1ccccc1)N1CCCCC1=O. The summed E-state index contributed by atoms with van der Waals surface area (Å²) in [5, 5.41) is 0. The molecule has 3 rings (SSSR count). The summed E-state index contributed by atoms with van der Waals surface area (Å²) in [5.74, 6) is 0.807. The first-order valence-electron chi connectivity index (χ1n) is 9.86. The summed E-state index contributed by atoms with van der Waals surface area (Å²) in [6, 6.07) is 16.8. The number of hydrogen-bond acceptors (Lipinski definition) is 3. The summed E-state index contributed by atoms with van der Waals surface area (Å²) in [4.78, 5) is 29.2. The van der Waals surface area contributed by atoms with Crippen molar-refractivity contribution in [3.8, 4) is 5.75 Å². The van der Waals surface area contributed by atoms with E-state index in [1.54, 1.807) is 16.8 Å². The van der Waals surface area contributed by atoms with Crippen molar-refractivity contribution in [1.29, 1.82) is 0 Å². The maximum Gasteiger partial charge on any atom is 0.249 e. The molecule has 0 saturated carbocycles. The number of aryl methyl sites for hydroxylation is 1. The van der Waals surface area contributed by atoms with E-state index in [0.717, 1.165) is 29.7 Å². The molecule has 0 spiro atoms. The fourth-order valence-corrected chi connectivity index (χ4v) is 3.52. The maximum absolute atomic E-state index is 13.3. The number of benzene rings is 2. The molecule has 2 amide bonds. The van der Waals surface area contributed by atoms with Gasteiger partial charge < -0.3 is 14.5 Å². The van der Waals surface area contributed by atoms with Crippen LogP contribution in [0.4, 0.5) is 0 Å². The summed E-state index contributed by atoms with van der Waals surface area (Å²) in [6.45, 7) is 3.48. The van der Waals surface area contributed by atoms with Crippen molar-refractivity contribution in [3.63, 3.8) is 0 Å². The Bertz CT molecular complexity index is 807. The molecule has 0 aliphatic carbocycles. The van der Waals surface area contributed by atoms with E-state index < -0.39 is 6.04 Å². The van der Waals surface area contributed by atoms with Crippen LogP contribution in [0.2, 0.25) is 0 Å². The van der Waals surface area contributed by atoms with Gasteiger partial charge in [-0.05, 0) is 37.0 Å². The largest absolute Gasteiger partial charge is 0.491 e. The van der Waals surface area contributed by atoms with Crippen LogP contribution < -0.4 is 4.74 Å². The normalized spacial score (nSPS) is 15.2. The van der Waals surface area contributed by atoms with E-state index >= 15 is 0 Å². The number of para-hydroxylation sites is 1. The van der Waals surface area contributed by atoms with E-state index in [2.05, 4.69) is 0 Å². The highest BCUT2D eigenvalue weighted by atomic mass is 16.5. The van der Waals surface area contributed by atoms with Gasteiger partial charge in [-0.25, -0.2) is 0 Å². The zero-order chi connectivity index (χ0) is 19.9. The van der Waals surface area contributed by atoms with Crippen LogP contribution in [0.25, 0.3) is 0 Å². The van der Waals surface area contributed by atoms with Crippen LogP contribution in [0, 0.1) is 6.92 Å². The minimum atomic E-state index is -0.572. The first-order valence-corrected chi connectivity index (χ1v) is 9.86. The monoisotopic (exact) mass is 380 g/mol. The molecular weight excluding hydrogens is 352 g/mol. The molecule has 2 aromatic rings. The minimum Gasteiger partial charge on any atom is -0.491 e. The van der Waals surface area contributed by atoms with Gasteiger partial charge in [0.05, 0.1) is 6.54 Å². The van der Waals surface area contributed by atoms with Crippen molar-refractivity contribution < 1.29 is 14.3 Å². The molecule has 148 valence electrons. The highest BCUT2D eigenvalue weighted by Gasteiger charge is 2.34.